The van der Waals surface area contributed by atoms with Gasteiger partial charge in [-0.05, 0) is 38.9 Å². The van der Waals surface area contributed by atoms with Gasteiger partial charge >= 0.3 is 0 Å². The smallest absolute Gasteiger partial charge is 0.145 e. The predicted molar refractivity (Wildman–Crippen MR) is 74.0 cm³/mol. The first-order chi connectivity index (χ1) is 8.94. The summed E-state index contributed by atoms with van der Waals surface area (Å²) in [6, 6.07) is 2.12. The molecule has 1 aromatic heterocycles. The third kappa shape index (κ3) is 2.89. The van der Waals surface area contributed by atoms with E-state index in [1.807, 2.05) is 18.7 Å². The summed E-state index contributed by atoms with van der Waals surface area (Å²) >= 11 is 0. The van der Waals surface area contributed by atoms with Crippen molar-refractivity contribution >= 4 is 5.84 Å². The number of hydrogen-bond acceptors (Lipinski definition) is 4. The summed E-state index contributed by atoms with van der Waals surface area (Å²) in [5.74, 6) is 0.350. The third-order valence-electron chi connectivity index (χ3n) is 4.17. The van der Waals surface area contributed by atoms with Crippen molar-refractivity contribution in [3.63, 3.8) is 0 Å². The lowest BCUT2D eigenvalue weighted by atomic mass is 9.79. The molecule has 1 fully saturated rings. The average molecular weight is 265 g/mol. The van der Waals surface area contributed by atoms with Gasteiger partial charge in [0.05, 0.1) is 11.4 Å². The van der Waals surface area contributed by atoms with Crippen LogP contribution in [0, 0.1) is 12.3 Å². The Balaban J connectivity index is 1.96. The first-order valence-corrected chi connectivity index (χ1v) is 6.64. The van der Waals surface area contributed by atoms with Crippen LogP contribution in [-0.4, -0.2) is 38.8 Å². The minimum Gasteiger partial charge on any atom is -0.409 e. The van der Waals surface area contributed by atoms with Gasteiger partial charge in [-0.1, -0.05) is 12.1 Å². The zero-order chi connectivity index (χ0) is 14.0. The Kier molecular flexibility index (Phi) is 3.80. The van der Waals surface area contributed by atoms with Crippen LogP contribution in [0.3, 0.4) is 0 Å². The minimum absolute atomic E-state index is 0.173. The van der Waals surface area contributed by atoms with E-state index in [1.54, 1.807) is 0 Å². The molecule has 2 heterocycles. The monoisotopic (exact) mass is 265 g/mol. The molecule has 0 radical (unpaired) electrons. The fourth-order valence-corrected chi connectivity index (χ4v) is 2.62. The quantitative estimate of drug-likeness (QED) is 0.371. The number of piperidine rings is 1. The summed E-state index contributed by atoms with van der Waals surface area (Å²) < 4.78 is 1.94. The predicted octanol–water partition coefficient (Wildman–Crippen LogP) is 1.08. The van der Waals surface area contributed by atoms with Crippen LogP contribution in [0.15, 0.2) is 11.2 Å². The van der Waals surface area contributed by atoms with Crippen molar-refractivity contribution in [3.05, 3.63) is 17.5 Å². The Hall–Kier alpha value is -1.56. The largest absolute Gasteiger partial charge is 0.409 e. The zero-order valence-electron chi connectivity index (χ0n) is 11.9. The molecule has 0 aromatic carbocycles. The molecule has 6 heteroatoms. The Morgan fingerprint density at radius 1 is 1.53 bits per heavy atom. The molecule has 1 aliphatic rings. The lowest BCUT2D eigenvalue weighted by molar-refractivity contribution is 0.150. The van der Waals surface area contributed by atoms with Gasteiger partial charge in [-0.25, -0.2) is 0 Å². The summed E-state index contributed by atoms with van der Waals surface area (Å²) in [4.78, 5) is 2.39. The molecule has 1 saturated heterocycles. The van der Waals surface area contributed by atoms with Crippen molar-refractivity contribution in [1.29, 1.82) is 0 Å². The van der Waals surface area contributed by atoms with E-state index in [-0.39, 0.29) is 5.41 Å². The maximum atomic E-state index is 8.83. The number of hydrogen-bond donors (Lipinski definition) is 2. The number of nitrogens with zero attached hydrogens (tertiary/aromatic N) is 4. The van der Waals surface area contributed by atoms with Crippen molar-refractivity contribution in [1.82, 2.24) is 14.7 Å². The normalized spacial score (nSPS) is 20.7. The molecular formula is C13H23N5O. The molecule has 0 unspecified atom stereocenters. The SMILES string of the molecule is Cc1cc(CN2CCC(C)(/C(N)=N/O)CC2)n(C)n1. The van der Waals surface area contributed by atoms with E-state index in [9.17, 15) is 0 Å². The Morgan fingerprint density at radius 3 is 2.63 bits per heavy atom. The second kappa shape index (κ2) is 5.21. The van der Waals surface area contributed by atoms with E-state index in [1.165, 1.54) is 5.69 Å². The van der Waals surface area contributed by atoms with Crippen LogP contribution < -0.4 is 5.73 Å². The first kappa shape index (κ1) is 13.9. The molecule has 0 bridgehead atoms. The van der Waals surface area contributed by atoms with Crippen molar-refractivity contribution in [3.8, 4) is 0 Å². The summed E-state index contributed by atoms with van der Waals surface area (Å²) in [6.45, 7) is 6.89. The second-order valence-electron chi connectivity index (χ2n) is 5.72. The molecule has 106 valence electrons. The number of nitrogens with two attached hydrogens (primary N) is 1. The zero-order valence-corrected chi connectivity index (χ0v) is 11.9. The molecular weight excluding hydrogens is 242 g/mol. The van der Waals surface area contributed by atoms with Gasteiger partial charge < -0.3 is 10.9 Å². The summed E-state index contributed by atoms with van der Waals surface area (Å²) in [6.07, 6.45) is 1.83. The van der Waals surface area contributed by atoms with Crippen LogP contribution in [0.4, 0.5) is 0 Å². The summed E-state index contributed by atoms with van der Waals surface area (Å²) in [5.41, 5.74) is 7.88. The van der Waals surface area contributed by atoms with Gasteiger partial charge in [-0.2, -0.15) is 5.10 Å². The van der Waals surface area contributed by atoms with Gasteiger partial charge in [0, 0.05) is 19.0 Å². The third-order valence-corrected chi connectivity index (χ3v) is 4.17. The molecule has 0 aliphatic carbocycles. The van der Waals surface area contributed by atoms with Crippen LogP contribution in [-0.2, 0) is 13.6 Å². The van der Waals surface area contributed by atoms with Crippen molar-refractivity contribution in [2.24, 2.45) is 23.4 Å². The molecule has 1 aromatic rings. The number of amidine groups is 1. The Labute approximate surface area is 113 Å². The van der Waals surface area contributed by atoms with Gasteiger partial charge in [0.15, 0.2) is 0 Å². The second-order valence-corrected chi connectivity index (χ2v) is 5.72. The molecule has 19 heavy (non-hydrogen) atoms. The first-order valence-electron chi connectivity index (χ1n) is 6.64. The molecule has 1 aliphatic heterocycles. The van der Waals surface area contributed by atoms with Gasteiger partial charge in [0.1, 0.15) is 5.84 Å². The highest BCUT2D eigenvalue weighted by atomic mass is 16.4. The topological polar surface area (TPSA) is 79.7 Å². The minimum atomic E-state index is -0.173. The van der Waals surface area contributed by atoms with Crippen molar-refractivity contribution in [2.75, 3.05) is 13.1 Å². The Bertz CT molecular complexity index is 471. The molecule has 2 rings (SSSR count). The number of rotatable bonds is 3. The molecule has 0 amide bonds. The van der Waals surface area contributed by atoms with E-state index < -0.39 is 0 Å². The average Bonchev–Trinajstić information content (AvgIpc) is 2.70. The van der Waals surface area contributed by atoms with Crippen LogP contribution in [0.1, 0.15) is 31.2 Å². The number of oxime groups is 1. The van der Waals surface area contributed by atoms with E-state index in [2.05, 4.69) is 28.1 Å². The molecule has 0 spiro atoms. The molecule has 6 nitrogen and oxygen atoms in total. The van der Waals surface area contributed by atoms with Gasteiger partial charge in [0.2, 0.25) is 0 Å². The lowest BCUT2D eigenvalue weighted by Gasteiger charge is -2.38. The summed E-state index contributed by atoms with van der Waals surface area (Å²) in [7, 11) is 1.98. The number of likely N-dealkylation sites (tertiary alicyclic amines) is 1. The van der Waals surface area contributed by atoms with Crippen LogP contribution in [0.2, 0.25) is 0 Å². The van der Waals surface area contributed by atoms with Crippen molar-refractivity contribution in [2.45, 2.75) is 33.2 Å². The number of aromatic nitrogens is 2. The molecule has 0 saturated carbocycles. The fraction of sp³-hybridized carbons (Fsp3) is 0.692. The standard InChI is InChI=1S/C13H23N5O/c1-10-8-11(17(3)15-10)9-18-6-4-13(2,5-7-18)12(14)16-19/h8,19H,4-7,9H2,1-3H3,(H2,14,16). The van der Waals surface area contributed by atoms with Gasteiger partial charge in [-0.15, -0.1) is 0 Å². The van der Waals surface area contributed by atoms with E-state index in [0.717, 1.165) is 38.2 Å². The van der Waals surface area contributed by atoms with Crippen LogP contribution in [0.25, 0.3) is 0 Å². The van der Waals surface area contributed by atoms with Gasteiger partial charge in [0.25, 0.3) is 0 Å². The highest BCUT2D eigenvalue weighted by Gasteiger charge is 2.34. The van der Waals surface area contributed by atoms with Crippen LogP contribution in [0.5, 0.6) is 0 Å². The van der Waals surface area contributed by atoms with E-state index in [4.69, 9.17) is 10.9 Å². The van der Waals surface area contributed by atoms with Gasteiger partial charge in [-0.3, -0.25) is 9.58 Å². The van der Waals surface area contributed by atoms with Crippen LogP contribution >= 0.6 is 0 Å². The number of aryl methyl sites for hydroxylation is 2. The summed E-state index contributed by atoms with van der Waals surface area (Å²) in [5, 5.41) is 16.4. The van der Waals surface area contributed by atoms with Crippen molar-refractivity contribution < 1.29 is 5.21 Å². The molecule has 3 N–H and O–H groups in total. The molecule has 0 atom stereocenters. The van der Waals surface area contributed by atoms with E-state index >= 15 is 0 Å². The highest BCUT2D eigenvalue weighted by Crippen LogP contribution is 2.31. The maximum absolute atomic E-state index is 8.83. The maximum Gasteiger partial charge on any atom is 0.145 e. The highest BCUT2D eigenvalue weighted by molar-refractivity contribution is 5.85. The van der Waals surface area contributed by atoms with E-state index in [0.29, 0.717) is 5.84 Å². The Morgan fingerprint density at radius 2 is 2.16 bits per heavy atom. The lowest BCUT2D eigenvalue weighted by Crippen LogP contribution is -2.45. The fourth-order valence-electron chi connectivity index (χ4n) is 2.62.